The van der Waals surface area contributed by atoms with Crippen LogP contribution in [0.1, 0.15) is 34.1 Å². The summed E-state index contributed by atoms with van der Waals surface area (Å²) in [5, 5.41) is 13.6. The van der Waals surface area contributed by atoms with Crippen LogP contribution in [-0.4, -0.2) is 33.0 Å². The summed E-state index contributed by atoms with van der Waals surface area (Å²) in [5.74, 6) is 0.608. The Bertz CT molecular complexity index is 722. The van der Waals surface area contributed by atoms with Crippen molar-refractivity contribution in [3.05, 3.63) is 35.3 Å². The third-order valence-electron chi connectivity index (χ3n) is 4.14. The molecule has 20 heavy (non-hydrogen) atoms. The summed E-state index contributed by atoms with van der Waals surface area (Å²) in [6.45, 7) is 0. The lowest BCUT2D eigenvalue weighted by molar-refractivity contribution is 0.0688. The third-order valence-corrected chi connectivity index (χ3v) is 4.14. The van der Waals surface area contributed by atoms with Crippen LogP contribution in [0.5, 0.6) is 5.88 Å². The molecule has 2 heterocycles. The van der Waals surface area contributed by atoms with Gasteiger partial charge in [-0.05, 0) is 24.8 Å². The summed E-state index contributed by atoms with van der Waals surface area (Å²) in [5.41, 5.74) is 2.94. The Morgan fingerprint density at radius 2 is 2.40 bits per heavy atom. The molecular formula is C14H13N3O3. The zero-order chi connectivity index (χ0) is 13.9. The normalized spacial score (nSPS) is 22.2. The molecule has 1 N–H and O–H groups in total. The van der Waals surface area contributed by atoms with E-state index in [-0.39, 0.29) is 5.69 Å². The first kappa shape index (κ1) is 11.5. The minimum absolute atomic E-state index is 0.183. The van der Waals surface area contributed by atoms with Gasteiger partial charge >= 0.3 is 5.97 Å². The quantitative estimate of drug-likeness (QED) is 0.918. The lowest BCUT2D eigenvalue weighted by Gasteiger charge is -2.07. The standard InChI is InChI=1S/C14H13N3O3/c1-20-11-6-8(2-3-15-11)17-13-9-4-7(9)5-10(13)12(16-17)14(18)19/h2-3,6-7,9H,4-5H2,1H3,(H,18,19)/t7-,9-/m1/s1. The Balaban J connectivity index is 1.90. The van der Waals surface area contributed by atoms with E-state index in [9.17, 15) is 9.90 Å². The van der Waals surface area contributed by atoms with Gasteiger partial charge in [0.15, 0.2) is 5.69 Å². The predicted molar refractivity (Wildman–Crippen MR) is 69.4 cm³/mol. The zero-order valence-corrected chi connectivity index (χ0v) is 10.9. The van der Waals surface area contributed by atoms with Gasteiger partial charge in [0.25, 0.3) is 0 Å². The number of ether oxygens (including phenoxy) is 1. The molecule has 6 heteroatoms. The molecule has 0 saturated heterocycles. The van der Waals surface area contributed by atoms with Crippen LogP contribution in [0.4, 0.5) is 0 Å². The molecule has 2 aliphatic rings. The molecule has 1 fully saturated rings. The van der Waals surface area contributed by atoms with Crippen LogP contribution in [0, 0.1) is 5.92 Å². The number of hydrogen-bond donors (Lipinski definition) is 1. The van der Waals surface area contributed by atoms with E-state index >= 15 is 0 Å². The molecule has 6 nitrogen and oxygen atoms in total. The molecule has 0 radical (unpaired) electrons. The van der Waals surface area contributed by atoms with Crippen LogP contribution < -0.4 is 4.74 Å². The van der Waals surface area contributed by atoms with Crippen molar-refractivity contribution in [3.63, 3.8) is 0 Å². The number of carboxylic acid groups (broad SMARTS) is 1. The van der Waals surface area contributed by atoms with Crippen molar-refractivity contribution >= 4 is 5.97 Å². The van der Waals surface area contributed by atoms with Gasteiger partial charge in [-0.1, -0.05) is 0 Å². The van der Waals surface area contributed by atoms with E-state index in [4.69, 9.17) is 4.74 Å². The maximum atomic E-state index is 11.3. The molecule has 1 saturated carbocycles. The van der Waals surface area contributed by atoms with Crippen LogP contribution in [0.25, 0.3) is 5.69 Å². The van der Waals surface area contributed by atoms with Gasteiger partial charge in [-0.15, -0.1) is 0 Å². The molecule has 2 aromatic rings. The number of hydrogen-bond acceptors (Lipinski definition) is 4. The van der Waals surface area contributed by atoms with Crippen LogP contribution in [-0.2, 0) is 6.42 Å². The first-order chi connectivity index (χ1) is 9.69. The molecule has 0 bridgehead atoms. The second-order valence-corrected chi connectivity index (χ2v) is 5.29. The highest BCUT2D eigenvalue weighted by atomic mass is 16.5. The van der Waals surface area contributed by atoms with Gasteiger partial charge < -0.3 is 9.84 Å². The third kappa shape index (κ3) is 1.47. The molecule has 2 aliphatic carbocycles. The van der Waals surface area contributed by atoms with E-state index in [1.807, 2.05) is 6.07 Å². The predicted octanol–water partition coefficient (Wildman–Crippen LogP) is 1.63. The highest BCUT2D eigenvalue weighted by molar-refractivity contribution is 5.88. The first-order valence-corrected chi connectivity index (χ1v) is 6.54. The molecule has 2 atom stereocenters. The number of aromatic carboxylic acids is 1. The van der Waals surface area contributed by atoms with E-state index in [2.05, 4.69) is 10.1 Å². The van der Waals surface area contributed by atoms with E-state index in [1.54, 1.807) is 24.1 Å². The minimum atomic E-state index is -0.956. The number of carboxylic acids is 1. The maximum absolute atomic E-state index is 11.3. The molecule has 4 rings (SSSR count). The minimum Gasteiger partial charge on any atom is -0.481 e. The molecule has 0 amide bonds. The van der Waals surface area contributed by atoms with Gasteiger partial charge in [-0.2, -0.15) is 5.10 Å². The fourth-order valence-electron chi connectivity index (χ4n) is 3.13. The van der Waals surface area contributed by atoms with Crippen LogP contribution in [0.3, 0.4) is 0 Å². The highest BCUT2D eigenvalue weighted by Gasteiger charge is 2.50. The maximum Gasteiger partial charge on any atom is 0.356 e. The summed E-state index contributed by atoms with van der Waals surface area (Å²) in [7, 11) is 1.55. The van der Waals surface area contributed by atoms with Gasteiger partial charge in [-0.3, -0.25) is 0 Å². The number of rotatable bonds is 3. The summed E-state index contributed by atoms with van der Waals surface area (Å²) in [4.78, 5) is 15.4. The summed E-state index contributed by atoms with van der Waals surface area (Å²) in [6.07, 6.45) is 3.62. The fraction of sp³-hybridized carbons (Fsp3) is 0.357. The van der Waals surface area contributed by atoms with Gasteiger partial charge in [-0.25, -0.2) is 14.5 Å². The topological polar surface area (TPSA) is 77.2 Å². The molecule has 0 aliphatic heterocycles. The lowest BCUT2D eigenvalue weighted by Crippen LogP contribution is -2.04. The Hall–Kier alpha value is -2.37. The van der Waals surface area contributed by atoms with Crippen molar-refractivity contribution in [3.8, 4) is 11.6 Å². The SMILES string of the molecule is COc1cc(-n2nc(C(=O)O)c3c2[C@@H]2C[C@@H]2C3)ccn1. The number of methoxy groups -OCH3 is 1. The van der Waals surface area contributed by atoms with E-state index in [0.29, 0.717) is 17.7 Å². The van der Waals surface area contributed by atoms with Gasteiger partial charge in [0, 0.05) is 23.7 Å². The van der Waals surface area contributed by atoms with Crippen molar-refractivity contribution in [1.82, 2.24) is 14.8 Å². The fourth-order valence-corrected chi connectivity index (χ4v) is 3.13. The second kappa shape index (κ2) is 3.82. The Morgan fingerprint density at radius 1 is 1.55 bits per heavy atom. The Labute approximate surface area is 115 Å². The monoisotopic (exact) mass is 271 g/mol. The van der Waals surface area contributed by atoms with Crippen LogP contribution in [0.15, 0.2) is 18.3 Å². The summed E-state index contributed by atoms with van der Waals surface area (Å²) in [6, 6.07) is 3.59. The summed E-state index contributed by atoms with van der Waals surface area (Å²) < 4.78 is 6.87. The average molecular weight is 271 g/mol. The molecule has 2 aromatic heterocycles. The largest absolute Gasteiger partial charge is 0.481 e. The van der Waals surface area contributed by atoms with E-state index < -0.39 is 5.97 Å². The van der Waals surface area contributed by atoms with Crippen LogP contribution in [0.2, 0.25) is 0 Å². The Kier molecular flexibility index (Phi) is 2.19. The van der Waals surface area contributed by atoms with E-state index in [0.717, 1.165) is 29.8 Å². The van der Waals surface area contributed by atoms with Crippen molar-refractivity contribution in [2.45, 2.75) is 18.8 Å². The van der Waals surface area contributed by atoms with Crippen molar-refractivity contribution in [2.24, 2.45) is 5.92 Å². The van der Waals surface area contributed by atoms with Crippen molar-refractivity contribution in [2.75, 3.05) is 7.11 Å². The van der Waals surface area contributed by atoms with E-state index in [1.165, 1.54) is 0 Å². The number of fused-ring (bicyclic) bond motifs is 3. The zero-order valence-electron chi connectivity index (χ0n) is 10.9. The van der Waals surface area contributed by atoms with Gasteiger partial charge in [0.2, 0.25) is 5.88 Å². The number of carbonyl (C=O) groups is 1. The van der Waals surface area contributed by atoms with Crippen molar-refractivity contribution in [1.29, 1.82) is 0 Å². The van der Waals surface area contributed by atoms with Gasteiger partial charge in [0.1, 0.15) is 0 Å². The summed E-state index contributed by atoms with van der Waals surface area (Å²) >= 11 is 0. The molecule has 102 valence electrons. The number of pyridine rings is 1. The Morgan fingerprint density at radius 3 is 3.15 bits per heavy atom. The molecule has 0 aromatic carbocycles. The lowest BCUT2D eigenvalue weighted by atomic mass is 10.1. The number of aromatic nitrogens is 3. The van der Waals surface area contributed by atoms with Gasteiger partial charge in [0.05, 0.1) is 18.5 Å². The first-order valence-electron chi connectivity index (χ1n) is 6.54. The number of nitrogens with zero attached hydrogens (tertiary/aromatic N) is 3. The molecule has 0 unspecified atom stereocenters. The van der Waals surface area contributed by atoms with Crippen molar-refractivity contribution < 1.29 is 14.6 Å². The average Bonchev–Trinajstić information content (AvgIpc) is 2.95. The highest BCUT2D eigenvalue weighted by Crippen LogP contribution is 2.57. The molecule has 0 spiro atoms. The second-order valence-electron chi connectivity index (χ2n) is 5.29. The van der Waals surface area contributed by atoms with Crippen LogP contribution >= 0.6 is 0 Å². The molecular weight excluding hydrogens is 258 g/mol. The smallest absolute Gasteiger partial charge is 0.356 e.